The molecule has 1 aliphatic rings. The van der Waals surface area contributed by atoms with Gasteiger partial charge in [0.1, 0.15) is 0 Å². The molecule has 0 aliphatic carbocycles. The summed E-state index contributed by atoms with van der Waals surface area (Å²) >= 11 is 0. The number of alkyl halides is 3. The number of halogens is 3. The van der Waals surface area contributed by atoms with E-state index in [0.29, 0.717) is 0 Å². The van der Waals surface area contributed by atoms with Crippen LogP contribution in [0.15, 0.2) is 0 Å². The average molecular weight is 390 g/mol. The predicted octanol–water partition coefficient (Wildman–Crippen LogP) is 3.49. The van der Waals surface area contributed by atoms with Crippen LogP contribution in [0.1, 0.15) is 78.1 Å². The van der Waals surface area contributed by atoms with Crippen LogP contribution in [0.5, 0.6) is 0 Å². The van der Waals surface area contributed by atoms with E-state index in [1.165, 1.54) is 83.8 Å². The van der Waals surface area contributed by atoms with Gasteiger partial charge in [-0.1, -0.05) is 52.4 Å². The highest BCUT2D eigenvalue weighted by Gasteiger charge is 2.36. The molecular weight excluding hydrogens is 355 g/mol. The number of quaternary nitrogens is 1. The molecular formula is C17H34F3NO3S. The van der Waals surface area contributed by atoms with Crippen molar-refractivity contribution < 1.29 is 31.0 Å². The fourth-order valence-corrected chi connectivity index (χ4v) is 3.10. The molecule has 0 unspecified atom stereocenters. The van der Waals surface area contributed by atoms with E-state index in [0.717, 1.165) is 5.92 Å². The second kappa shape index (κ2) is 12.9. The lowest BCUT2D eigenvalue weighted by Gasteiger charge is -2.29. The van der Waals surface area contributed by atoms with Crippen molar-refractivity contribution in [3.8, 4) is 0 Å². The molecule has 0 aromatic carbocycles. The maximum absolute atomic E-state index is 10.7. The van der Waals surface area contributed by atoms with Gasteiger partial charge in [-0.25, -0.2) is 8.42 Å². The molecule has 1 N–H and O–H groups in total. The number of piperidine rings is 1. The number of hydrogen-bond donors (Lipinski definition) is 1. The van der Waals surface area contributed by atoms with Crippen molar-refractivity contribution in [2.24, 2.45) is 5.92 Å². The molecule has 1 fully saturated rings. The largest absolute Gasteiger partial charge is 0.741 e. The van der Waals surface area contributed by atoms with Crippen molar-refractivity contribution in [3.63, 3.8) is 0 Å². The molecule has 0 amide bonds. The Kier molecular flexibility index (Phi) is 12.7. The molecule has 25 heavy (non-hydrogen) atoms. The molecule has 0 aromatic heterocycles. The van der Waals surface area contributed by atoms with Crippen LogP contribution >= 0.6 is 0 Å². The van der Waals surface area contributed by atoms with Crippen molar-refractivity contribution in [2.45, 2.75) is 83.6 Å². The van der Waals surface area contributed by atoms with Gasteiger partial charge in [0.15, 0.2) is 10.1 Å². The molecule has 1 heterocycles. The minimum atomic E-state index is -6.09. The second-order valence-corrected chi connectivity index (χ2v) is 8.27. The highest BCUT2D eigenvalue weighted by Crippen LogP contribution is 2.20. The quantitative estimate of drug-likeness (QED) is 0.373. The summed E-state index contributed by atoms with van der Waals surface area (Å²) in [6.45, 7) is 8.98. The summed E-state index contributed by atoms with van der Waals surface area (Å²) in [7, 11) is -6.09. The average Bonchev–Trinajstić information content (AvgIpc) is 2.52. The smallest absolute Gasteiger partial charge is 0.485 e. The molecule has 0 bridgehead atoms. The zero-order valence-corrected chi connectivity index (χ0v) is 16.4. The lowest BCUT2D eigenvalue weighted by atomic mass is 9.91. The van der Waals surface area contributed by atoms with Gasteiger partial charge in [0, 0.05) is 0 Å². The van der Waals surface area contributed by atoms with Crippen LogP contribution in [0.4, 0.5) is 13.2 Å². The van der Waals surface area contributed by atoms with Crippen molar-refractivity contribution in [2.75, 3.05) is 19.6 Å². The Balaban J connectivity index is 0.000000609. The van der Waals surface area contributed by atoms with E-state index < -0.39 is 15.6 Å². The monoisotopic (exact) mass is 389 g/mol. The third-order valence-electron chi connectivity index (χ3n) is 4.70. The number of unbranched alkanes of at least 4 members (excludes halogenated alkanes) is 5. The van der Waals surface area contributed by atoms with Crippen LogP contribution in [0.25, 0.3) is 0 Å². The summed E-state index contributed by atoms with van der Waals surface area (Å²) in [4.78, 5) is 1.90. The molecule has 152 valence electrons. The molecule has 1 aliphatic heterocycles. The Morgan fingerprint density at radius 3 is 1.88 bits per heavy atom. The maximum Gasteiger partial charge on any atom is 0.485 e. The third kappa shape index (κ3) is 12.6. The summed E-state index contributed by atoms with van der Waals surface area (Å²) < 4.78 is 58.9. The zero-order chi connectivity index (χ0) is 19.3. The first kappa shape index (κ1) is 24.7. The second-order valence-electron chi connectivity index (χ2n) is 6.90. The van der Waals surface area contributed by atoms with Gasteiger partial charge in [0.25, 0.3) is 0 Å². The molecule has 0 aromatic rings. The van der Waals surface area contributed by atoms with Gasteiger partial charge < -0.3 is 9.45 Å². The summed E-state index contributed by atoms with van der Waals surface area (Å²) in [6, 6.07) is 0. The van der Waals surface area contributed by atoms with Crippen molar-refractivity contribution in [3.05, 3.63) is 0 Å². The van der Waals surface area contributed by atoms with Gasteiger partial charge >= 0.3 is 5.51 Å². The van der Waals surface area contributed by atoms with Gasteiger partial charge in [-0.05, 0) is 31.6 Å². The van der Waals surface area contributed by atoms with Crippen LogP contribution in [0.3, 0.4) is 0 Å². The van der Waals surface area contributed by atoms with E-state index in [1.807, 2.05) is 4.90 Å². The van der Waals surface area contributed by atoms with Crippen LogP contribution in [0.2, 0.25) is 0 Å². The number of hydrogen-bond acceptors (Lipinski definition) is 3. The van der Waals surface area contributed by atoms with Gasteiger partial charge in [-0.15, -0.1) is 0 Å². The van der Waals surface area contributed by atoms with E-state index in [1.54, 1.807) is 0 Å². The van der Waals surface area contributed by atoms with Crippen LogP contribution in [-0.2, 0) is 10.1 Å². The first-order chi connectivity index (χ1) is 11.6. The normalized spacial score (nSPS) is 21.5. The molecule has 0 spiro atoms. The topological polar surface area (TPSA) is 61.6 Å². The van der Waals surface area contributed by atoms with E-state index in [4.69, 9.17) is 13.0 Å². The van der Waals surface area contributed by atoms with Gasteiger partial charge in [-0.3, -0.25) is 0 Å². The molecule has 1 saturated heterocycles. The lowest BCUT2D eigenvalue weighted by molar-refractivity contribution is -0.906. The maximum atomic E-state index is 10.7. The predicted molar refractivity (Wildman–Crippen MR) is 92.3 cm³/mol. The van der Waals surface area contributed by atoms with E-state index in [-0.39, 0.29) is 0 Å². The molecule has 1 rings (SSSR count). The zero-order valence-electron chi connectivity index (χ0n) is 15.5. The Morgan fingerprint density at radius 1 is 0.960 bits per heavy atom. The molecule has 0 atom stereocenters. The minimum Gasteiger partial charge on any atom is -0.741 e. The highest BCUT2D eigenvalue weighted by molar-refractivity contribution is 7.86. The number of likely N-dealkylation sites (tertiary alicyclic amines) is 1. The molecule has 0 radical (unpaired) electrons. The fraction of sp³-hybridized carbons (Fsp3) is 1.00. The number of rotatable bonds is 9. The Bertz CT molecular complexity index is 417. The Labute approximate surface area is 150 Å². The van der Waals surface area contributed by atoms with Gasteiger partial charge in [0.2, 0.25) is 0 Å². The first-order valence-corrected chi connectivity index (χ1v) is 10.9. The molecule has 0 saturated carbocycles. The Hall–Kier alpha value is -0.340. The standard InChI is InChI=1S/C16H33N.CHF3O3S/c1-3-5-7-8-9-13-17-14-11-16(12-15-17)10-6-4-2;2-1(3,4)8(5,6)7/h16H,3-15H2,1-2H3;(H,5,6,7). The van der Waals surface area contributed by atoms with Crippen LogP contribution in [0, 0.1) is 5.92 Å². The summed E-state index contributed by atoms with van der Waals surface area (Å²) in [5, 5.41) is 0. The number of nitrogens with one attached hydrogen (secondary N) is 1. The van der Waals surface area contributed by atoms with E-state index in [2.05, 4.69) is 13.8 Å². The van der Waals surface area contributed by atoms with Crippen LogP contribution in [-0.4, -0.2) is 38.1 Å². The summed E-state index contributed by atoms with van der Waals surface area (Å²) in [5.41, 5.74) is -5.65. The minimum absolute atomic E-state index is 1.07. The van der Waals surface area contributed by atoms with Gasteiger partial charge in [-0.2, -0.15) is 13.2 Å². The van der Waals surface area contributed by atoms with Crippen molar-refractivity contribution in [1.29, 1.82) is 0 Å². The van der Waals surface area contributed by atoms with Crippen molar-refractivity contribution >= 4 is 10.1 Å². The highest BCUT2D eigenvalue weighted by atomic mass is 32.2. The van der Waals surface area contributed by atoms with Crippen molar-refractivity contribution in [1.82, 2.24) is 0 Å². The fourth-order valence-electron chi connectivity index (χ4n) is 3.10. The SMILES string of the molecule is CCCCCCC[NH+]1CCC(CCCC)CC1.O=S(=O)([O-])C(F)(F)F. The van der Waals surface area contributed by atoms with Crippen LogP contribution < -0.4 is 4.90 Å². The molecule has 8 heteroatoms. The lowest BCUT2D eigenvalue weighted by Crippen LogP contribution is -3.13. The first-order valence-electron chi connectivity index (χ1n) is 9.47. The molecule has 4 nitrogen and oxygen atoms in total. The summed E-state index contributed by atoms with van der Waals surface area (Å²) in [5.74, 6) is 1.07. The Morgan fingerprint density at radius 2 is 1.44 bits per heavy atom. The summed E-state index contributed by atoms with van der Waals surface area (Å²) in [6.07, 6.45) is 14.6. The third-order valence-corrected chi connectivity index (χ3v) is 5.26. The van der Waals surface area contributed by atoms with E-state index >= 15 is 0 Å². The van der Waals surface area contributed by atoms with Gasteiger partial charge in [0.05, 0.1) is 19.6 Å². The van der Waals surface area contributed by atoms with E-state index in [9.17, 15) is 13.2 Å².